The molecule has 6 nitrogen and oxygen atoms in total. The summed E-state index contributed by atoms with van der Waals surface area (Å²) in [7, 11) is 1.54. The summed E-state index contributed by atoms with van der Waals surface area (Å²) in [6, 6.07) is 9.27. The Morgan fingerprint density at radius 2 is 2.21 bits per heavy atom. The van der Waals surface area contributed by atoms with Crippen LogP contribution in [-0.4, -0.2) is 17.6 Å². The van der Waals surface area contributed by atoms with Gasteiger partial charge in [-0.25, -0.2) is 0 Å². The number of methoxy groups -OCH3 is 1. The predicted molar refractivity (Wildman–Crippen MR) is 109 cm³/mol. The number of rotatable bonds is 4. The van der Waals surface area contributed by atoms with Gasteiger partial charge in [0.2, 0.25) is 5.91 Å². The van der Waals surface area contributed by atoms with Crippen molar-refractivity contribution >= 4 is 33.1 Å². The lowest BCUT2D eigenvalue weighted by atomic mass is 10.1. The lowest BCUT2D eigenvalue weighted by molar-refractivity contribution is -0.116. The summed E-state index contributed by atoms with van der Waals surface area (Å²) >= 11 is 1.46. The van der Waals surface area contributed by atoms with Crippen LogP contribution in [0, 0.1) is 18.3 Å². The van der Waals surface area contributed by atoms with Crippen LogP contribution in [0.2, 0.25) is 0 Å². The van der Waals surface area contributed by atoms with Crippen molar-refractivity contribution in [2.24, 2.45) is 0 Å². The van der Waals surface area contributed by atoms with Gasteiger partial charge in [0, 0.05) is 16.3 Å². The van der Waals surface area contributed by atoms with Gasteiger partial charge in [-0.1, -0.05) is 12.1 Å². The fourth-order valence-electron chi connectivity index (χ4n) is 3.81. The Labute approximate surface area is 166 Å². The number of thiophene rings is 1. The Kier molecular flexibility index (Phi) is 4.65. The van der Waals surface area contributed by atoms with E-state index < -0.39 is 0 Å². The van der Waals surface area contributed by atoms with Gasteiger partial charge in [0.15, 0.2) is 0 Å². The number of nitrogens with one attached hydrogen (secondary N) is 1. The number of fused-ring (bicyclic) bond motifs is 2. The van der Waals surface area contributed by atoms with Crippen LogP contribution in [0.15, 0.2) is 29.1 Å². The second-order valence-corrected chi connectivity index (χ2v) is 7.93. The molecule has 0 saturated carbocycles. The first-order chi connectivity index (χ1) is 13.5. The summed E-state index contributed by atoms with van der Waals surface area (Å²) in [5, 5.41) is 13.8. The first-order valence-corrected chi connectivity index (χ1v) is 9.86. The van der Waals surface area contributed by atoms with Crippen molar-refractivity contribution in [1.82, 2.24) is 4.57 Å². The normalized spacial score (nSPS) is 12.6. The average Bonchev–Trinajstić information content (AvgIpc) is 3.25. The molecule has 0 aliphatic heterocycles. The minimum absolute atomic E-state index is 0.149. The van der Waals surface area contributed by atoms with Gasteiger partial charge in [0.05, 0.1) is 18.2 Å². The summed E-state index contributed by atoms with van der Waals surface area (Å²) in [5.41, 5.74) is 2.78. The van der Waals surface area contributed by atoms with Crippen molar-refractivity contribution < 1.29 is 9.53 Å². The molecule has 0 unspecified atom stereocenters. The maximum Gasteiger partial charge on any atom is 0.251 e. The Bertz CT molecular complexity index is 1200. The SMILES string of the molecule is COc1cccc2c(C)cc(=O)n(CC(=O)Nc3sc4c(c3C#N)CCC4)c12. The summed E-state index contributed by atoms with van der Waals surface area (Å²) in [4.78, 5) is 26.5. The number of hydrogen-bond acceptors (Lipinski definition) is 5. The molecule has 0 bridgehead atoms. The van der Waals surface area contributed by atoms with Gasteiger partial charge in [-0.2, -0.15) is 5.26 Å². The molecule has 3 aromatic rings. The Morgan fingerprint density at radius 1 is 1.39 bits per heavy atom. The van der Waals surface area contributed by atoms with E-state index in [-0.39, 0.29) is 18.0 Å². The number of aryl methyl sites for hydroxylation is 2. The predicted octanol–water partition coefficient (Wildman–Crippen LogP) is 3.38. The van der Waals surface area contributed by atoms with E-state index in [1.807, 2.05) is 19.1 Å². The second kappa shape index (κ2) is 7.13. The Balaban J connectivity index is 1.71. The number of ether oxygens (including phenoxy) is 1. The van der Waals surface area contributed by atoms with Crippen molar-refractivity contribution in [3.05, 3.63) is 56.2 Å². The summed E-state index contributed by atoms with van der Waals surface area (Å²) in [5.74, 6) is 0.202. The zero-order valence-electron chi connectivity index (χ0n) is 15.7. The summed E-state index contributed by atoms with van der Waals surface area (Å²) in [6.45, 7) is 1.71. The van der Waals surface area contributed by atoms with E-state index in [1.54, 1.807) is 13.2 Å². The second-order valence-electron chi connectivity index (χ2n) is 6.83. The van der Waals surface area contributed by atoms with Crippen LogP contribution in [-0.2, 0) is 24.2 Å². The number of aromatic nitrogens is 1. The van der Waals surface area contributed by atoms with Crippen LogP contribution >= 0.6 is 11.3 Å². The lowest BCUT2D eigenvalue weighted by Gasteiger charge is -2.14. The molecule has 1 aliphatic carbocycles. The number of carbonyl (C=O) groups is 1. The number of amides is 1. The summed E-state index contributed by atoms with van der Waals surface area (Å²) < 4.78 is 6.84. The molecular weight excluding hydrogens is 374 g/mol. The molecule has 1 N–H and O–H groups in total. The van der Waals surface area contributed by atoms with Crippen LogP contribution in [0.25, 0.3) is 10.9 Å². The van der Waals surface area contributed by atoms with Crippen molar-refractivity contribution in [2.45, 2.75) is 32.7 Å². The smallest absolute Gasteiger partial charge is 0.251 e. The van der Waals surface area contributed by atoms with Gasteiger partial charge < -0.3 is 10.1 Å². The zero-order valence-corrected chi connectivity index (χ0v) is 16.5. The lowest BCUT2D eigenvalue weighted by Crippen LogP contribution is -2.28. The van der Waals surface area contributed by atoms with E-state index in [4.69, 9.17) is 4.74 Å². The van der Waals surface area contributed by atoms with Crippen molar-refractivity contribution in [3.8, 4) is 11.8 Å². The highest BCUT2D eigenvalue weighted by Crippen LogP contribution is 2.38. The molecule has 1 aromatic carbocycles. The fraction of sp³-hybridized carbons (Fsp3) is 0.286. The number of para-hydroxylation sites is 1. The number of nitrogens with zero attached hydrogens (tertiary/aromatic N) is 2. The molecule has 1 aliphatic rings. The fourth-order valence-corrected chi connectivity index (χ4v) is 5.07. The molecule has 7 heteroatoms. The van der Waals surface area contributed by atoms with E-state index >= 15 is 0 Å². The maximum atomic E-state index is 12.7. The maximum absolute atomic E-state index is 12.7. The van der Waals surface area contributed by atoms with E-state index in [0.717, 1.165) is 35.8 Å². The van der Waals surface area contributed by atoms with Crippen LogP contribution < -0.4 is 15.6 Å². The Morgan fingerprint density at radius 3 is 2.96 bits per heavy atom. The van der Waals surface area contributed by atoms with Gasteiger partial charge in [-0.05, 0) is 43.4 Å². The molecule has 142 valence electrons. The van der Waals surface area contributed by atoms with E-state index in [0.29, 0.717) is 21.8 Å². The topological polar surface area (TPSA) is 84.1 Å². The van der Waals surface area contributed by atoms with Gasteiger partial charge in [-0.3, -0.25) is 14.2 Å². The first kappa shape index (κ1) is 18.3. The van der Waals surface area contributed by atoms with Crippen LogP contribution in [0.1, 0.15) is 28.0 Å². The van der Waals surface area contributed by atoms with Gasteiger partial charge in [0.25, 0.3) is 5.56 Å². The number of pyridine rings is 1. The molecule has 1 amide bonds. The minimum Gasteiger partial charge on any atom is -0.495 e. The van der Waals surface area contributed by atoms with Crippen LogP contribution in [0.3, 0.4) is 0 Å². The number of anilines is 1. The third kappa shape index (κ3) is 2.96. The third-order valence-electron chi connectivity index (χ3n) is 5.11. The third-order valence-corrected chi connectivity index (χ3v) is 6.31. The van der Waals surface area contributed by atoms with E-state index in [2.05, 4.69) is 11.4 Å². The Hall–Kier alpha value is -3.11. The monoisotopic (exact) mass is 393 g/mol. The molecule has 4 rings (SSSR count). The van der Waals surface area contributed by atoms with Gasteiger partial charge in [0.1, 0.15) is 23.4 Å². The van der Waals surface area contributed by atoms with Crippen molar-refractivity contribution in [3.63, 3.8) is 0 Å². The number of benzene rings is 1. The summed E-state index contributed by atoms with van der Waals surface area (Å²) in [6.07, 6.45) is 2.88. The van der Waals surface area contributed by atoms with E-state index in [9.17, 15) is 14.9 Å². The largest absolute Gasteiger partial charge is 0.495 e. The van der Waals surface area contributed by atoms with Crippen molar-refractivity contribution in [2.75, 3.05) is 12.4 Å². The quantitative estimate of drug-likeness (QED) is 0.736. The first-order valence-electron chi connectivity index (χ1n) is 9.05. The van der Waals surface area contributed by atoms with Gasteiger partial charge >= 0.3 is 0 Å². The molecule has 0 atom stereocenters. The number of carbonyl (C=O) groups excluding carboxylic acids is 1. The molecule has 2 heterocycles. The highest BCUT2D eigenvalue weighted by molar-refractivity contribution is 7.16. The van der Waals surface area contributed by atoms with E-state index in [1.165, 1.54) is 26.8 Å². The number of hydrogen-bond donors (Lipinski definition) is 1. The van der Waals surface area contributed by atoms with Crippen LogP contribution in [0.5, 0.6) is 5.75 Å². The highest BCUT2D eigenvalue weighted by Gasteiger charge is 2.23. The van der Waals surface area contributed by atoms with Gasteiger partial charge in [-0.15, -0.1) is 11.3 Å². The molecule has 0 saturated heterocycles. The highest BCUT2D eigenvalue weighted by atomic mass is 32.1. The van der Waals surface area contributed by atoms with Crippen LogP contribution in [0.4, 0.5) is 5.00 Å². The molecule has 0 spiro atoms. The average molecular weight is 393 g/mol. The molecular formula is C21H19N3O3S. The van der Waals surface area contributed by atoms with Crippen molar-refractivity contribution in [1.29, 1.82) is 5.26 Å². The standard InChI is InChI=1S/C21H19N3O3S/c1-12-9-19(26)24(20-13(12)5-3-7-16(20)27-2)11-18(25)23-21-15(10-22)14-6-4-8-17(14)28-21/h3,5,7,9H,4,6,8,11H2,1-2H3,(H,23,25). The molecule has 28 heavy (non-hydrogen) atoms. The molecule has 0 fully saturated rings. The molecule has 0 radical (unpaired) electrons. The number of nitriles is 1. The zero-order chi connectivity index (χ0) is 19.8. The minimum atomic E-state index is -0.338. The molecule has 2 aromatic heterocycles.